The zero-order valence-electron chi connectivity index (χ0n) is 17.8. The van der Waals surface area contributed by atoms with Crippen LogP contribution in [0.1, 0.15) is 38.7 Å². The molecule has 0 radical (unpaired) electrons. The Bertz CT molecular complexity index is 822. The second kappa shape index (κ2) is 10.5. The molecule has 162 valence electrons. The third-order valence-electron chi connectivity index (χ3n) is 5.94. The van der Waals surface area contributed by atoms with Gasteiger partial charge in [0, 0.05) is 13.1 Å². The zero-order valence-corrected chi connectivity index (χ0v) is 19.4. The molecule has 2 heterocycles. The first-order chi connectivity index (χ1) is 14.4. The highest BCUT2D eigenvalue weighted by molar-refractivity contribution is 8.01. The van der Waals surface area contributed by atoms with E-state index in [-0.39, 0.29) is 11.8 Å². The van der Waals surface area contributed by atoms with Crippen LogP contribution < -0.4 is 0 Å². The molecule has 0 spiro atoms. The van der Waals surface area contributed by atoms with Gasteiger partial charge in [0.15, 0.2) is 0 Å². The predicted molar refractivity (Wildman–Crippen MR) is 124 cm³/mol. The minimum atomic E-state index is -0.833. The summed E-state index contributed by atoms with van der Waals surface area (Å²) in [5.41, 5.74) is 0.418. The van der Waals surface area contributed by atoms with E-state index in [4.69, 9.17) is 0 Å². The molecule has 2 aromatic rings. The molecule has 1 fully saturated rings. The first-order valence-corrected chi connectivity index (χ1v) is 12.5. The second-order valence-corrected chi connectivity index (χ2v) is 10.8. The van der Waals surface area contributed by atoms with Crippen molar-refractivity contribution < 1.29 is 14.7 Å². The number of aliphatic carboxylic acids is 1. The van der Waals surface area contributed by atoms with Gasteiger partial charge in [-0.1, -0.05) is 50.2 Å². The van der Waals surface area contributed by atoms with E-state index in [9.17, 15) is 14.7 Å². The summed E-state index contributed by atoms with van der Waals surface area (Å²) < 4.78 is 1.19. The Morgan fingerprint density at radius 3 is 2.63 bits per heavy atom. The summed E-state index contributed by atoms with van der Waals surface area (Å²) in [5, 5.41) is 12.1. The third-order valence-corrected chi connectivity index (χ3v) is 8.10. The normalized spacial score (nSPS) is 20.1. The number of amides is 1. The predicted octanol–water partition coefficient (Wildman–Crippen LogP) is 5.44. The van der Waals surface area contributed by atoms with E-state index in [1.165, 1.54) is 9.77 Å². The summed E-state index contributed by atoms with van der Waals surface area (Å²) in [4.78, 5) is 27.8. The van der Waals surface area contributed by atoms with Crippen LogP contribution in [0.5, 0.6) is 0 Å². The lowest BCUT2D eigenvalue weighted by molar-refractivity contribution is -0.155. The van der Waals surface area contributed by atoms with Crippen LogP contribution in [0.3, 0.4) is 0 Å². The second-order valence-electron chi connectivity index (χ2n) is 8.49. The van der Waals surface area contributed by atoms with Gasteiger partial charge in [0.05, 0.1) is 15.5 Å². The summed E-state index contributed by atoms with van der Waals surface area (Å²) in [6.07, 6.45) is 2.59. The number of carbonyl (C=O) groups is 2. The smallest absolute Gasteiger partial charge is 0.307 e. The van der Waals surface area contributed by atoms with Gasteiger partial charge in [-0.2, -0.15) is 0 Å². The van der Waals surface area contributed by atoms with Crippen molar-refractivity contribution in [3.05, 3.63) is 53.4 Å². The molecule has 1 aromatic carbocycles. The lowest BCUT2D eigenvalue weighted by Crippen LogP contribution is -2.44. The van der Waals surface area contributed by atoms with E-state index in [1.54, 1.807) is 23.1 Å². The average molecular weight is 446 g/mol. The molecule has 1 amide bonds. The summed E-state index contributed by atoms with van der Waals surface area (Å²) in [6, 6.07) is 14.2. The SMILES string of the molecule is CC(C)CC1(C(CCSc2cccs2)C(=O)O)CCN(CCc2ccccc2)C1=O. The quantitative estimate of drug-likeness (QED) is 0.468. The van der Waals surface area contributed by atoms with Crippen LogP contribution in [-0.4, -0.2) is 40.7 Å². The van der Waals surface area contributed by atoms with Crippen molar-refractivity contribution in [3.8, 4) is 0 Å². The number of thioether (sulfide) groups is 1. The summed E-state index contributed by atoms with van der Waals surface area (Å²) >= 11 is 3.36. The Kier molecular flexibility index (Phi) is 8.00. The first-order valence-electron chi connectivity index (χ1n) is 10.6. The molecule has 0 aliphatic carbocycles. The highest BCUT2D eigenvalue weighted by Gasteiger charge is 2.54. The van der Waals surface area contributed by atoms with Crippen LogP contribution in [0.2, 0.25) is 0 Å². The lowest BCUT2D eigenvalue weighted by Gasteiger charge is -2.35. The summed E-state index contributed by atoms with van der Waals surface area (Å²) in [5.74, 6) is -0.438. The van der Waals surface area contributed by atoms with Gasteiger partial charge in [-0.05, 0) is 54.4 Å². The molecule has 6 heteroatoms. The van der Waals surface area contributed by atoms with Crippen molar-refractivity contribution in [1.29, 1.82) is 0 Å². The first kappa shape index (κ1) is 22.9. The molecule has 3 rings (SSSR count). The number of carboxylic acid groups (broad SMARTS) is 1. The van der Waals surface area contributed by atoms with Gasteiger partial charge in [-0.25, -0.2) is 0 Å². The van der Waals surface area contributed by atoms with Crippen molar-refractivity contribution in [2.75, 3.05) is 18.8 Å². The number of carbonyl (C=O) groups excluding carboxylic acids is 1. The van der Waals surface area contributed by atoms with Gasteiger partial charge in [0.2, 0.25) is 5.91 Å². The molecule has 1 saturated heterocycles. The van der Waals surface area contributed by atoms with E-state index in [0.717, 1.165) is 6.42 Å². The number of rotatable bonds is 11. The number of hydrogen-bond acceptors (Lipinski definition) is 4. The number of nitrogens with zero attached hydrogens (tertiary/aromatic N) is 1. The highest BCUT2D eigenvalue weighted by atomic mass is 32.2. The van der Waals surface area contributed by atoms with Gasteiger partial charge in [-0.15, -0.1) is 23.1 Å². The average Bonchev–Trinajstić information content (AvgIpc) is 3.33. The molecule has 1 N–H and O–H groups in total. The fourth-order valence-electron chi connectivity index (χ4n) is 4.62. The van der Waals surface area contributed by atoms with E-state index in [0.29, 0.717) is 38.1 Å². The Hall–Kier alpha value is -1.79. The number of hydrogen-bond donors (Lipinski definition) is 1. The van der Waals surface area contributed by atoms with E-state index in [2.05, 4.69) is 32.0 Å². The van der Waals surface area contributed by atoms with Gasteiger partial charge >= 0.3 is 5.97 Å². The number of benzene rings is 1. The molecule has 4 nitrogen and oxygen atoms in total. The maximum absolute atomic E-state index is 13.6. The molecule has 30 heavy (non-hydrogen) atoms. The summed E-state index contributed by atoms with van der Waals surface area (Å²) in [6.45, 7) is 5.47. The molecule has 1 aliphatic heterocycles. The van der Waals surface area contributed by atoms with Gasteiger partial charge in [0.25, 0.3) is 0 Å². The van der Waals surface area contributed by atoms with Crippen molar-refractivity contribution in [2.45, 2.75) is 43.7 Å². The van der Waals surface area contributed by atoms with Crippen molar-refractivity contribution in [2.24, 2.45) is 17.3 Å². The third kappa shape index (κ3) is 5.46. The largest absolute Gasteiger partial charge is 0.481 e. The number of carboxylic acids is 1. The van der Waals surface area contributed by atoms with Gasteiger partial charge < -0.3 is 10.0 Å². The highest BCUT2D eigenvalue weighted by Crippen LogP contribution is 2.46. The van der Waals surface area contributed by atoms with Gasteiger partial charge in [0.1, 0.15) is 0 Å². The van der Waals surface area contributed by atoms with Crippen LogP contribution in [-0.2, 0) is 16.0 Å². The monoisotopic (exact) mass is 445 g/mol. The molecule has 0 saturated carbocycles. The molecule has 0 bridgehead atoms. The Labute approximate surface area is 187 Å². The molecular weight excluding hydrogens is 414 g/mol. The van der Waals surface area contributed by atoms with Gasteiger partial charge in [-0.3, -0.25) is 9.59 Å². The number of thiophene rings is 1. The standard InChI is InChI=1S/C24H31NO3S2/c1-18(2)17-24(20(22(26)27)11-16-30-21-9-6-15-29-21)12-14-25(23(24)28)13-10-19-7-4-3-5-8-19/h3-9,15,18,20H,10-14,16-17H2,1-2H3,(H,26,27). The van der Waals surface area contributed by atoms with Crippen LogP contribution in [0.4, 0.5) is 0 Å². The Morgan fingerprint density at radius 2 is 2.00 bits per heavy atom. The molecule has 2 atom stereocenters. The lowest BCUT2D eigenvalue weighted by atomic mass is 9.68. The molecule has 1 aliphatic rings. The maximum atomic E-state index is 13.6. The minimum absolute atomic E-state index is 0.0423. The van der Waals surface area contributed by atoms with E-state index >= 15 is 0 Å². The summed E-state index contributed by atoms with van der Waals surface area (Å²) in [7, 11) is 0. The van der Waals surface area contributed by atoms with Crippen molar-refractivity contribution in [1.82, 2.24) is 4.90 Å². The van der Waals surface area contributed by atoms with Crippen LogP contribution in [0.15, 0.2) is 52.1 Å². The Balaban J connectivity index is 1.72. The number of likely N-dealkylation sites (tertiary alicyclic amines) is 1. The molecule has 1 aromatic heterocycles. The Morgan fingerprint density at radius 1 is 1.23 bits per heavy atom. The topological polar surface area (TPSA) is 57.6 Å². The van der Waals surface area contributed by atoms with E-state index < -0.39 is 17.3 Å². The van der Waals surface area contributed by atoms with Crippen LogP contribution in [0.25, 0.3) is 0 Å². The van der Waals surface area contributed by atoms with Crippen LogP contribution >= 0.6 is 23.1 Å². The minimum Gasteiger partial charge on any atom is -0.481 e. The van der Waals surface area contributed by atoms with E-state index in [1.807, 2.05) is 34.5 Å². The fraction of sp³-hybridized carbons (Fsp3) is 0.500. The fourth-order valence-corrected chi connectivity index (χ4v) is 6.49. The molecular formula is C24H31NO3S2. The van der Waals surface area contributed by atoms with Crippen molar-refractivity contribution >= 4 is 35.0 Å². The maximum Gasteiger partial charge on any atom is 0.307 e. The van der Waals surface area contributed by atoms with Crippen molar-refractivity contribution in [3.63, 3.8) is 0 Å². The molecule has 2 unspecified atom stereocenters. The van der Waals surface area contributed by atoms with Crippen LogP contribution in [0, 0.1) is 17.3 Å². The zero-order chi connectivity index (χ0) is 21.6.